The lowest BCUT2D eigenvalue weighted by molar-refractivity contribution is -0.384. The predicted octanol–water partition coefficient (Wildman–Crippen LogP) is 4.24. The second-order valence-electron chi connectivity index (χ2n) is 6.89. The van der Waals surface area contributed by atoms with Crippen LogP contribution >= 0.6 is 24.0 Å². The van der Waals surface area contributed by atoms with E-state index >= 15 is 0 Å². The fourth-order valence-electron chi connectivity index (χ4n) is 2.67. The summed E-state index contributed by atoms with van der Waals surface area (Å²) in [6, 6.07) is 7.40. The molecule has 0 spiro atoms. The molecule has 1 aromatic rings. The molecule has 1 unspecified atom stereocenters. The first-order valence-corrected chi connectivity index (χ1v) is 8.76. The van der Waals surface area contributed by atoms with Crippen LogP contribution in [-0.2, 0) is 6.54 Å². The highest BCUT2D eigenvalue weighted by Gasteiger charge is 2.17. The molecule has 1 saturated carbocycles. The molecule has 0 bridgehead atoms. The van der Waals surface area contributed by atoms with Crippen LogP contribution in [-0.4, -0.2) is 23.0 Å². The molecule has 0 amide bonds. The van der Waals surface area contributed by atoms with Crippen molar-refractivity contribution in [1.82, 2.24) is 10.6 Å². The van der Waals surface area contributed by atoms with Gasteiger partial charge in [-0.25, -0.2) is 4.99 Å². The van der Waals surface area contributed by atoms with Gasteiger partial charge >= 0.3 is 0 Å². The summed E-state index contributed by atoms with van der Waals surface area (Å²) in [6.07, 6.45) is 4.92. The zero-order valence-electron chi connectivity index (χ0n) is 15.2. The Hall–Kier alpha value is -1.38. The number of non-ortho nitro benzene ring substituents is 1. The van der Waals surface area contributed by atoms with Crippen molar-refractivity contribution in [2.45, 2.75) is 65.1 Å². The Morgan fingerprint density at radius 1 is 1.24 bits per heavy atom. The van der Waals surface area contributed by atoms with Crippen molar-refractivity contribution in [3.63, 3.8) is 0 Å². The van der Waals surface area contributed by atoms with Gasteiger partial charge in [0.1, 0.15) is 0 Å². The molecule has 0 saturated heterocycles. The van der Waals surface area contributed by atoms with Gasteiger partial charge in [-0.2, -0.15) is 0 Å². The molecule has 0 aliphatic heterocycles. The Morgan fingerprint density at radius 2 is 1.84 bits per heavy atom. The zero-order valence-corrected chi connectivity index (χ0v) is 17.5. The molecule has 1 aliphatic carbocycles. The van der Waals surface area contributed by atoms with Crippen LogP contribution in [0.3, 0.4) is 0 Å². The van der Waals surface area contributed by atoms with Gasteiger partial charge in [-0.05, 0) is 31.2 Å². The van der Waals surface area contributed by atoms with Crippen molar-refractivity contribution in [3.05, 3.63) is 39.9 Å². The molecule has 0 radical (unpaired) electrons. The van der Waals surface area contributed by atoms with E-state index in [0.29, 0.717) is 24.5 Å². The van der Waals surface area contributed by atoms with E-state index in [1.54, 1.807) is 12.1 Å². The van der Waals surface area contributed by atoms with Crippen LogP contribution in [0.5, 0.6) is 0 Å². The van der Waals surface area contributed by atoms with E-state index in [1.807, 2.05) is 0 Å². The minimum absolute atomic E-state index is 0. The number of rotatable bonds is 6. The molecular formula is C18H29IN4O2. The summed E-state index contributed by atoms with van der Waals surface area (Å²) in [4.78, 5) is 15.0. The van der Waals surface area contributed by atoms with Crippen molar-refractivity contribution >= 4 is 35.6 Å². The summed E-state index contributed by atoms with van der Waals surface area (Å²) in [5.41, 5.74) is 1.07. The van der Waals surface area contributed by atoms with E-state index in [4.69, 9.17) is 0 Å². The number of nitrogens with zero attached hydrogens (tertiary/aromatic N) is 2. The third-order valence-electron chi connectivity index (χ3n) is 4.63. The highest BCUT2D eigenvalue weighted by atomic mass is 127. The number of hydrogen-bond donors (Lipinski definition) is 2. The van der Waals surface area contributed by atoms with E-state index in [-0.39, 0.29) is 34.6 Å². The monoisotopic (exact) mass is 460 g/mol. The highest BCUT2D eigenvalue weighted by molar-refractivity contribution is 14.0. The second-order valence-corrected chi connectivity index (χ2v) is 6.89. The van der Waals surface area contributed by atoms with Crippen molar-refractivity contribution in [1.29, 1.82) is 0 Å². The summed E-state index contributed by atoms with van der Waals surface area (Å²) in [5, 5.41) is 17.7. The lowest BCUT2D eigenvalue weighted by Crippen LogP contribution is -2.47. The maximum absolute atomic E-state index is 10.7. The molecule has 0 aromatic heterocycles. The summed E-state index contributed by atoms with van der Waals surface area (Å²) in [7, 11) is 0. The summed E-state index contributed by atoms with van der Waals surface area (Å²) in [6.45, 7) is 7.02. The molecule has 25 heavy (non-hydrogen) atoms. The topological polar surface area (TPSA) is 79.6 Å². The minimum atomic E-state index is -0.383. The molecule has 0 heterocycles. The minimum Gasteiger partial charge on any atom is -0.354 e. The van der Waals surface area contributed by atoms with E-state index in [1.165, 1.54) is 37.8 Å². The lowest BCUT2D eigenvalue weighted by atomic mass is 10.1. The van der Waals surface area contributed by atoms with Crippen LogP contribution in [0.2, 0.25) is 0 Å². The maximum atomic E-state index is 10.7. The second kappa shape index (κ2) is 10.6. The summed E-state index contributed by atoms with van der Waals surface area (Å²) in [5.74, 6) is 1.35. The van der Waals surface area contributed by atoms with Crippen molar-refractivity contribution in [2.75, 3.05) is 0 Å². The third-order valence-corrected chi connectivity index (χ3v) is 4.63. The first-order valence-electron chi connectivity index (χ1n) is 8.76. The van der Waals surface area contributed by atoms with Crippen LogP contribution in [0, 0.1) is 16.0 Å². The first-order chi connectivity index (χ1) is 11.5. The number of benzene rings is 1. The maximum Gasteiger partial charge on any atom is 0.269 e. The molecule has 1 aliphatic rings. The smallest absolute Gasteiger partial charge is 0.269 e. The number of nitrogens with one attached hydrogen (secondary N) is 2. The van der Waals surface area contributed by atoms with Crippen LogP contribution in [0.1, 0.15) is 52.0 Å². The lowest BCUT2D eigenvalue weighted by Gasteiger charge is -2.23. The number of halogens is 1. The molecule has 2 N–H and O–H groups in total. The largest absolute Gasteiger partial charge is 0.354 e. The van der Waals surface area contributed by atoms with Gasteiger partial charge < -0.3 is 10.6 Å². The Morgan fingerprint density at radius 3 is 2.36 bits per heavy atom. The van der Waals surface area contributed by atoms with Gasteiger partial charge in [0, 0.05) is 24.2 Å². The van der Waals surface area contributed by atoms with Crippen LogP contribution in [0.4, 0.5) is 5.69 Å². The average molecular weight is 460 g/mol. The van der Waals surface area contributed by atoms with Crippen molar-refractivity contribution < 1.29 is 4.92 Å². The Kier molecular flexibility index (Phi) is 9.16. The van der Waals surface area contributed by atoms with Gasteiger partial charge in [-0.15, -0.1) is 24.0 Å². The molecule has 140 valence electrons. The first kappa shape index (κ1) is 21.7. The number of aliphatic imine (C=N–C) groups is 1. The fraction of sp³-hybridized carbons (Fsp3) is 0.611. The molecule has 1 aromatic carbocycles. The van der Waals surface area contributed by atoms with Crippen LogP contribution < -0.4 is 10.6 Å². The van der Waals surface area contributed by atoms with Gasteiger partial charge in [0.05, 0.1) is 11.5 Å². The Labute approximate surface area is 167 Å². The molecule has 1 fully saturated rings. The Bertz CT molecular complexity index is 563. The number of nitro benzene ring substituents is 1. The molecule has 2 rings (SSSR count). The third kappa shape index (κ3) is 7.17. The van der Waals surface area contributed by atoms with Gasteiger partial charge in [0.15, 0.2) is 5.96 Å². The van der Waals surface area contributed by atoms with Crippen molar-refractivity contribution in [3.8, 4) is 0 Å². The van der Waals surface area contributed by atoms with Crippen molar-refractivity contribution in [2.24, 2.45) is 10.9 Å². The quantitative estimate of drug-likeness (QED) is 0.219. The summed E-state index contributed by atoms with van der Waals surface area (Å²) >= 11 is 0. The predicted molar refractivity (Wildman–Crippen MR) is 112 cm³/mol. The van der Waals surface area contributed by atoms with Gasteiger partial charge in [0.2, 0.25) is 0 Å². The van der Waals surface area contributed by atoms with Crippen LogP contribution in [0.25, 0.3) is 0 Å². The molecular weight excluding hydrogens is 431 g/mol. The Balaban J connectivity index is 0.00000312. The number of hydrogen-bond acceptors (Lipinski definition) is 3. The normalized spacial score (nSPS) is 16.4. The SMILES string of the molecule is CC(C)C(C)NC(=NCc1ccc([N+](=O)[O-])cc1)NC1CCCC1.I. The van der Waals surface area contributed by atoms with Gasteiger partial charge in [0.25, 0.3) is 5.69 Å². The fourth-order valence-corrected chi connectivity index (χ4v) is 2.67. The van der Waals surface area contributed by atoms with Gasteiger partial charge in [-0.1, -0.05) is 38.8 Å². The van der Waals surface area contributed by atoms with Gasteiger partial charge in [-0.3, -0.25) is 10.1 Å². The van der Waals surface area contributed by atoms with E-state index in [2.05, 4.69) is 36.4 Å². The average Bonchev–Trinajstić information content (AvgIpc) is 3.05. The molecule has 6 nitrogen and oxygen atoms in total. The zero-order chi connectivity index (χ0) is 17.5. The summed E-state index contributed by atoms with van der Waals surface area (Å²) < 4.78 is 0. The highest BCUT2D eigenvalue weighted by Crippen LogP contribution is 2.18. The molecule has 1 atom stereocenters. The number of guanidine groups is 1. The van der Waals surface area contributed by atoms with E-state index < -0.39 is 0 Å². The number of nitro groups is 1. The van der Waals surface area contributed by atoms with Crippen LogP contribution in [0.15, 0.2) is 29.3 Å². The van der Waals surface area contributed by atoms with E-state index in [9.17, 15) is 10.1 Å². The molecule has 7 heteroatoms. The van der Waals surface area contributed by atoms with E-state index in [0.717, 1.165) is 11.5 Å². The standard InChI is InChI=1S/C18H28N4O2.HI/c1-13(2)14(3)20-18(21-16-6-4-5-7-16)19-12-15-8-10-17(11-9-15)22(23)24;/h8-11,13-14,16H,4-7,12H2,1-3H3,(H2,19,20,21);1H.